The third-order valence-corrected chi connectivity index (χ3v) is 3.56. The van der Waals surface area contributed by atoms with Crippen LogP contribution in [-0.2, 0) is 11.3 Å². The zero-order valence-electron chi connectivity index (χ0n) is 10.9. The minimum Gasteiger partial charge on any atom is -0.338 e. The molecule has 0 spiro atoms. The van der Waals surface area contributed by atoms with Gasteiger partial charge in [-0.15, -0.1) is 11.3 Å². The quantitative estimate of drug-likeness (QED) is 0.811. The Hall–Kier alpha value is -0.870. The monoisotopic (exact) mass is 254 g/mol. The van der Waals surface area contributed by atoms with E-state index in [-0.39, 0.29) is 11.9 Å². The number of hydrogen-bond acceptors (Lipinski definition) is 3. The summed E-state index contributed by atoms with van der Waals surface area (Å²) in [6, 6.07) is 4.36. The molecule has 96 valence electrons. The number of rotatable bonds is 7. The van der Waals surface area contributed by atoms with Gasteiger partial charge in [0, 0.05) is 23.9 Å². The summed E-state index contributed by atoms with van der Waals surface area (Å²) in [4.78, 5) is 15.2. The Labute approximate surface area is 108 Å². The number of carbonyl (C=O) groups excluding carboxylic acids is 1. The van der Waals surface area contributed by atoms with Crippen LogP contribution in [0.15, 0.2) is 17.5 Å². The highest BCUT2D eigenvalue weighted by Crippen LogP contribution is 2.12. The molecule has 0 aliphatic carbocycles. The first-order valence-corrected chi connectivity index (χ1v) is 7.08. The van der Waals surface area contributed by atoms with E-state index >= 15 is 0 Å². The smallest absolute Gasteiger partial charge is 0.224 e. The second-order valence-electron chi connectivity index (χ2n) is 4.15. The molecule has 0 saturated carbocycles. The lowest BCUT2D eigenvalue weighted by atomic mass is 10.2. The van der Waals surface area contributed by atoms with E-state index in [0.717, 1.165) is 19.6 Å². The molecule has 1 heterocycles. The van der Waals surface area contributed by atoms with Crippen LogP contribution in [-0.4, -0.2) is 29.9 Å². The summed E-state index contributed by atoms with van der Waals surface area (Å²) in [5.41, 5.74) is 0. The summed E-state index contributed by atoms with van der Waals surface area (Å²) < 4.78 is 0. The summed E-state index contributed by atoms with van der Waals surface area (Å²) in [6.45, 7) is 8.57. The lowest BCUT2D eigenvalue weighted by Crippen LogP contribution is -2.36. The molecule has 1 aromatic rings. The van der Waals surface area contributed by atoms with E-state index in [4.69, 9.17) is 0 Å². The first-order valence-electron chi connectivity index (χ1n) is 6.20. The van der Waals surface area contributed by atoms with Crippen LogP contribution in [0.25, 0.3) is 0 Å². The largest absolute Gasteiger partial charge is 0.338 e. The fraction of sp³-hybridized carbons (Fsp3) is 0.615. The van der Waals surface area contributed by atoms with Crippen molar-refractivity contribution in [2.75, 3.05) is 13.1 Å². The number of carbonyl (C=O) groups is 1. The molecule has 1 aromatic heterocycles. The fourth-order valence-electron chi connectivity index (χ4n) is 1.78. The van der Waals surface area contributed by atoms with Crippen LogP contribution in [0, 0.1) is 0 Å². The van der Waals surface area contributed by atoms with E-state index in [1.54, 1.807) is 11.3 Å². The third-order valence-electron chi connectivity index (χ3n) is 2.69. The SMILES string of the molecule is CCNC(C)CC(=O)N(CC)Cc1cccs1. The van der Waals surface area contributed by atoms with Gasteiger partial charge in [-0.3, -0.25) is 4.79 Å². The first kappa shape index (κ1) is 14.2. The molecule has 0 fully saturated rings. The van der Waals surface area contributed by atoms with Gasteiger partial charge in [0.05, 0.1) is 6.54 Å². The van der Waals surface area contributed by atoms with E-state index in [2.05, 4.69) is 30.6 Å². The van der Waals surface area contributed by atoms with Crippen LogP contribution in [0.4, 0.5) is 0 Å². The Kier molecular flexibility index (Phi) is 6.22. The number of amides is 1. The van der Waals surface area contributed by atoms with Crippen LogP contribution in [0.1, 0.15) is 32.1 Å². The van der Waals surface area contributed by atoms with E-state index < -0.39 is 0 Å². The number of thiophene rings is 1. The van der Waals surface area contributed by atoms with E-state index in [0.29, 0.717) is 6.42 Å². The molecule has 17 heavy (non-hydrogen) atoms. The topological polar surface area (TPSA) is 32.3 Å². The molecule has 1 atom stereocenters. The van der Waals surface area contributed by atoms with Crippen molar-refractivity contribution in [3.8, 4) is 0 Å². The fourth-order valence-corrected chi connectivity index (χ4v) is 2.50. The van der Waals surface area contributed by atoms with Gasteiger partial charge in [-0.1, -0.05) is 13.0 Å². The van der Waals surface area contributed by atoms with Crippen LogP contribution in [0.3, 0.4) is 0 Å². The van der Waals surface area contributed by atoms with Crippen molar-refractivity contribution >= 4 is 17.2 Å². The lowest BCUT2D eigenvalue weighted by Gasteiger charge is -2.22. The molecule has 0 aliphatic rings. The summed E-state index contributed by atoms with van der Waals surface area (Å²) in [6.07, 6.45) is 0.576. The van der Waals surface area contributed by atoms with Gasteiger partial charge in [0.2, 0.25) is 5.91 Å². The molecule has 1 amide bonds. The standard InChI is InChI=1S/C13H22N2OS/c1-4-14-11(3)9-13(16)15(5-2)10-12-7-6-8-17-12/h6-8,11,14H,4-5,9-10H2,1-3H3. The highest BCUT2D eigenvalue weighted by atomic mass is 32.1. The summed E-state index contributed by atoms with van der Waals surface area (Å²) >= 11 is 1.70. The first-order chi connectivity index (χ1) is 8.17. The molecular formula is C13H22N2OS. The normalized spacial score (nSPS) is 12.4. The van der Waals surface area contributed by atoms with Crippen LogP contribution in [0.2, 0.25) is 0 Å². The second-order valence-corrected chi connectivity index (χ2v) is 5.18. The third kappa shape index (κ3) is 4.88. The highest BCUT2D eigenvalue weighted by molar-refractivity contribution is 7.09. The molecule has 0 bridgehead atoms. The van der Waals surface area contributed by atoms with Crippen molar-refractivity contribution in [3.63, 3.8) is 0 Å². The van der Waals surface area contributed by atoms with Gasteiger partial charge in [0.1, 0.15) is 0 Å². The molecule has 0 saturated heterocycles. The van der Waals surface area contributed by atoms with Gasteiger partial charge in [0.25, 0.3) is 0 Å². The maximum absolute atomic E-state index is 12.1. The van der Waals surface area contributed by atoms with Crippen LogP contribution in [0.5, 0.6) is 0 Å². The summed E-state index contributed by atoms with van der Waals surface area (Å²) in [5.74, 6) is 0.231. The van der Waals surface area contributed by atoms with Gasteiger partial charge >= 0.3 is 0 Å². The number of nitrogens with zero attached hydrogens (tertiary/aromatic N) is 1. The lowest BCUT2D eigenvalue weighted by molar-refractivity contribution is -0.132. The van der Waals surface area contributed by atoms with E-state index in [9.17, 15) is 4.79 Å². The van der Waals surface area contributed by atoms with Gasteiger partial charge in [-0.05, 0) is 31.8 Å². The van der Waals surface area contributed by atoms with Gasteiger partial charge < -0.3 is 10.2 Å². The van der Waals surface area contributed by atoms with Crippen molar-refractivity contribution in [1.29, 1.82) is 0 Å². The Morgan fingerprint density at radius 3 is 2.82 bits per heavy atom. The molecule has 4 heteroatoms. The second kappa shape index (κ2) is 7.45. The highest BCUT2D eigenvalue weighted by Gasteiger charge is 2.15. The van der Waals surface area contributed by atoms with Gasteiger partial charge in [-0.2, -0.15) is 0 Å². The number of hydrogen-bond donors (Lipinski definition) is 1. The number of nitrogens with one attached hydrogen (secondary N) is 1. The zero-order chi connectivity index (χ0) is 12.7. The van der Waals surface area contributed by atoms with Gasteiger partial charge in [0.15, 0.2) is 0 Å². The minimum atomic E-state index is 0.231. The molecule has 0 radical (unpaired) electrons. The van der Waals surface area contributed by atoms with Crippen molar-refractivity contribution < 1.29 is 4.79 Å². The van der Waals surface area contributed by atoms with Crippen molar-refractivity contribution in [3.05, 3.63) is 22.4 Å². The predicted octanol–water partition coefficient (Wildman–Crippen LogP) is 2.48. The van der Waals surface area contributed by atoms with Crippen LogP contribution >= 0.6 is 11.3 Å². The molecule has 0 aliphatic heterocycles. The molecular weight excluding hydrogens is 232 g/mol. The van der Waals surface area contributed by atoms with Crippen LogP contribution < -0.4 is 5.32 Å². The van der Waals surface area contributed by atoms with Crippen molar-refractivity contribution in [2.24, 2.45) is 0 Å². The molecule has 1 N–H and O–H groups in total. The molecule has 1 unspecified atom stereocenters. The molecule has 3 nitrogen and oxygen atoms in total. The molecule has 1 rings (SSSR count). The van der Waals surface area contributed by atoms with E-state index in [1.165, 1.54) is 4.88 Å². The minimum absolute atomic E-state index is 0.231. The Morgan fingerprint density at radius 1 is 1.53 bits per heavy atom. The van der Waals surface area contributed by atoms with Crippen molar-refractivity contribution in [2.45, 2.75) is 39.8 Å². The molecule has 0 aromatic carbocycles. The Morgan fingerprint density at radius 2 is 2.29 bits per heavy atom. The van der Waals surface area contributed by atoms with E-state index in [1.807, 2.05) is 17.9 Å². The maximum Gasteiger partial charge on any atom is 0.224 e. The Bertz CT molecular complexity index is 324. The zero-order valence-corrected chi connectivity index (χ0v) is 11.7. The average Bonchev–Trinajstić information content (AvgIpc) is 2.78. The predicted molar refractivity (Wildman–Crippen MR) is 73.2 cm³/mol. The van der Waals surface area contributed by atoms with Gasteiger partial charge in [-0.25, -0.2) is 0 Å². The average molecular weight is 254 g/mol. The summed E-state index contributed by atoms with van der Waals surface area (Å²) in [5, 5.41) is 5.32. The van der Waals surface area contributed by atoms with Crippen molar-refractivity contribution in [1.82, 2.24) is 10.2 Å². The maximum atomic E-state index is 12.1. The summed E-state index contributed by atoms with van der Waals surface area (Å²) in [7, 11) is 0. The Balaban J connectivity index is 2.46.